The van der Waals surface area contributed by atoms with Crippen molar-refractivity contribution in [3.8, 4) is 11.1 Å². The van der Waals surface area contributed by atoms with E-state index < -0.39 is 5.97 Å². The lowest BCUT2D eigenvalue weighted by Gasteiger charge is -2.13. The van der Waals surface area contributed by atoms with Crippen molar-refractivity contribution >= 4 is 17.6 Å². The molecule has 0 saturated carbocycles. The lowest BCUT2D eigenvalue weighted by molar-refractivity contribution is -0.146. The van der Waals surface area contributed by atoms with Crippen molar-refractivity contribution in [2.45, 2.75) is 26.2 Å². The van der Waals surface area contributed by atoms with Crippen LogP contribution in [0, 0.1) is 0 Å². The molecule has 0 atom stereocenters. The molecule has 0 spiro atoms. The number of amides is 1. The van der Waals surface area contributed by atoms with Gasteiger partial charge in [0.05, 0.1) is 6.42 Å². The Morgan fingerprint density at radius 2 is 1.45 bits per heavy atom. The number of carbonyl (C=O) groups is 2. The van der Waals surface area contributed by atoms with E-state index in [1.54, 1.807) is 0 Å². The highest BCUT2D eigenvalue weighted by molar-refractivity contribution is 5.93. The van der Waals surface area contributed by atoms with Crippen LogP contribution in [0.1, 0.15) is 30.9 Å². The van der Waals surface area contributed by atoms with Crippen molar-refractivity contribution in [2.75, 3.05) is 11.9 Å². The lowest BCUT2D eigenvalue weighted by Crippen LogP contribution is -2.22. The summed E-state index contributed by atoms with van der Waals surface area (Å²) in [6, 6.07) is 25.4. The van der Waals surface area contributed by atoms with Gasteiger partial charge >= 0.3 is 5.97 Å². The van der Waals surface area contributed by atoms with E-state index in [-0.39, 0.29) is 24.9 Å². The fourth-order valence-electron chi connectivity index (χ4n) is 3.11. The molecule has 29 heavy (non-hydrogen) atoms. The number of para-hydroxylation sites is 1. The van der Waals surface area contributed by atoms with E-state index in [0.29, 0.717) is 0 Å². The third-order valence-electron chi connectivity index (χ3n) is 4.63. The molecule has 0 aliphatic rings. The molecular formula is C25H25NO3. The van der Waals surface area contributed by atoms with Gasteiger partial charge in [0, 0.05) is 5.69 Å². The van der Waals surface area contributed by atoms with Gasteiger partial charge in [-0.3, -0.25) is 9.59 Å². The zero-order chi connectivity index (χ0) is 20.6. The number of ether oxygens (including phenoxy) is 1. The normalized spacial score (nSPS) is 10.6. The summed E-state index contributed by atoms with van der Waals surface area (Å²) in [7, 11) is 0. The minimum Gasteiger partial charge on any atom is -0.455 e. The van der Waals surface area contributed by atoms with Crippen molar-refractivity contribution < 1.29 is 14.3 Å². The average molecular weight is 387 g/mol. The van der Waals surface area contributed by atoms with Gasteiger partial charge in [0.1, 0.15) is 0 Å². The summed E-state index contributed by atoms with van der Waals surface area (Å²) in [5.74, 6) is -0.483. The first-order valence-electron chi connectivity index (χ1n) is 9.71. The summed E-state index contributed by atoms with van der Waals surface area (Å²) in [6.07, 6.45) is 0.130. The number of hydrogen-bond donors (Lipinski definition) is 1. The van der Waals surface area contributed by atoms with Crippen LogP contribution in [0.3, 0.4) is 0 Å². The Bertz CT molecular complexity index is 963. The number of nitrogens with one attached hydrogen (secondary N) is 1. The number of benzene rings is 3. The average Bonchev–Trinajstić information content (AvgIpc) is 2.74. The van der Waals surface area contributed by atoms with E-state index in [0.717, 1.165) is 27.9 Å². The second-order valence-electron chi connectivity index (χ2n) is 7.19. The molecule has 1 N–H and O–H groups in total. The Morgan fingerprint density at radius 3 is 2.14 bits per heavy atom. The van der Waals surface area contributed by atoms with Crippen LogP contribution in [0.15, 0.2) is 78.9 Å². The molecule has 4 nitrogen and oxygen atoms in total. The molecule has 4 heteroatoms. The minimum atomic E-state index is -0.426. The summed E-state index contributed by atoms with van der Waals surface area (Å²) < 4.78 is 5.14. The molecule has 0 bridgehead atoms. The second kappa shape index (κ2) is 9.69. The first-order chi connectivity index (χ1) is 14.0. The summed E-state index contributed by atoms with van der Waals surface area (Å²) >= 11 is 0. The molecule has 0 radical (unpaired) electrons. The number of carbonyl (C=O) groups excluding carboxylic acids is 2. The maximum absolute atomic E-state index is 12.2. The molecule has 0 fully saturated rings. The van der Waals surface area contributed by atoms with Crippen LogP contribution in [-0.2, 0) is 20.7 Å². The van der Waals surface area contributed by atoms with Crippen LogP contribution in [0.25, 0.3) is 11.1 Å². The lowest BCUT2D eigenvalue weighted by atomic mass is 10.0. The monoisotopic (exact) mass is 387 g/mol. The van der Waals surface area contributed by atoms with Gasteiger partial charge in [0.15, 0.2) is 6.61 Å². The summed E-state index contributed by atoms with van der Waals surface area (Å²) in [4.78, 5) is 24.3. The zero-order valence-corrected chi connectivity index (χ0v) is 16.7. The van der Waals surface area contributed by atoms with Gasteiger partial charge in [0.25, 0.3) is 5.91 Å². The van der Waals surface area contributed by atoms with Gasteiger partial charge in [-0.1, -0.05) is 86.6 Å². The van der Waals surface area contributed by atoms with E-state index in [1.807, 2.05) is 78.9 Å². The minimum absolute atomic E-state index is 0.130. The fourth-order valence-corrected chi connectivity index (χ4v) is 3.11. The van der Waals surface area contributed by atoms with Crippen LogP contribution in [-0.4, -0.2) is 18.5 Å². The Balaban J connectivity index is 1.50. The van der Waals surface area contributed by atoms with Crippen LogP contribution < -0.4 is 5.32 Å². The topological polar surface area (TPSA) is 55.4 Å². The summed E-state index contributed by atoms with van der Waals surface area (Å²) in [5, 5.41) is 2.82. The molecule has 3 aromatic carbocycles. The smallest absolute Gasteiger partial charge is 0.310 e. The Morgan fingerprint density at radius 1 is 0.828 bits per heavy atom. The molecule has 148 valence electrons. The predicted molar refractivity (Wildman–Crippen MR) is 116 cm³/mol. The SMILES string of the molecule is CC(C)c1ccccc1NC(=O)COC(=O)Cc1ccc(-c2ccccc2)cc1. The molecule has 0 saturated heterocycles. The molecular weight excluding hydrogens is 362 g/mol. The molecule has 0 aliphatic heterocycles. The molecule has 0 unspecified atom stereocenters. The molecule has 1 amide bonds. The number of esters is 1. The zero-order valence-electron chi connectivity index (χ0n) is 16.7. The third kappa shape index (κ3) is 5.79. The van der Waals surface area contributed by atoms with Gasteiger partial charge in [-0.15, -0.1) is 0 Å². The molecule has 0 aromatic heterocycles. The molecule has 3 aromatic rings. The highest BCUT2D eigenvalue weighted by Crippen LogP contribution is 2.23. The van der Waals surface area contributed by atoms with Crippen LogP contribution in [0.2, 0.25) is 0 Å². The van der Waals surface area contributed by atoms with Gasteiger partial charge in [0.2, 0.25) is 0 Å². The second-order valence-corrected chi connectivity index (χ2v) is 7.19. The fraction of sp³-hybridized carbons (Fsp3) is 0.200. The summed E-state index contributed by atoms with van der Waals surface area (Å²) in [5.41, 5.74) is 4.86. The molecule has 0 heterocycles. The molecule has 0 aliphatic carbocycles. The van der Waals surface area contributed by atoms with Crippen molar-refractivity contribution in [2.24, 2.45) is 0 Å². The summed E-state index contributed by atoms with van der Waals surface area (Å²) in [6.45, 7) is 3.83. The highest BCUT2D eigenvalue weighted by atomic mass is 16.5. The number of rotatable bonds is 7. The van der Waals surface area contributed by atoms with Crippen LogP contribution in [0.4, 0.5) is 5.69 Å². The van der Waals surface area contributed by atoms with Crippen molar-refractivity contribution in [3.63, 3.8) is 0 Å². The van der Waals surface area contributed by atoms with Crippen molar-refractivity contribution in [1.82, 2.24) is 0 Å². The maximum Gasteiger partial charge on any atom is 0.310 e. The third-order valence-corrected chi connectivity index (χ3v) is 4.63. The van der Waals surface area contributed by atoms with Crippen LogP contribution >= 0.6 is 0 Å². The van der Waals surface area contributed by atoms with E-state index in [4.69, 9.17) is 4.74 Å². The van der Waals surface area contributed by atoms with Gasteiger partial charge in [-0.2, -0.15) is 0 Å². The van der Waals surface area contributed by atoms with E-state index in [2.05, 4.69) is 19.2 Å². The highest BCUT2D eigenvalue weighted by Gasteiger charge is 2.12. The largest absolute Gasteiger partial charge is 0.455 e. The predicted octanol–water partition coefficient (Wildman–Crippen LogP) is 5.20. The Hall–Kier alpha value is -3.40. The van der Waals surface area contributed by atoms with Gasteiger partial charge in [-0.25, -0.2) is 0 Å². The van der Waals surface area contributed by atoms with E-state index in [1.165, 1.54) is 0 Å². The quantitative estimate of drug-likeness (QED) is 0.567. The number of anilines is 1. The van der Waals surface area contributed by atoms with E-state index >= 15 is 0 Å². The van der Waals surface area contributed by atoms with Gasteiger partial charge < -0.3 is 10.1 Å². The van der Waals surface area contributed by atoms with Crippen molar-refractivity contribution in [1.29, 1.82) is 0 Å². The van der Waals surface area contributed by atoms with Crippen molar-refractivity contribution in [3.05, 3.63) is 90.0 Å². The standard InChI is InChI=1S/C25H25NO3/c1-18(2)22-10-6-7-11-23(22)26-24(27)17-29-25(28)16-19-12-14-21(15-13-19)20-8-4-3-5-9-20/h3-15,18H,16-17H2,1-2H3,(H,26,27). The Labute approximate surface area is 171 Å². The molecule has 3 rings (SSSR count). The van der Waals surface area contributed by atoms with Crippen LogP contribution in [0.5, 0.6) is 0 Å². The number of hydrogen-bond acceptors (Lipinski definition) is 3. The Kier molecular flexibility index (Phi) is 6.80. The van der Waals surface area contributed by atoms with Gasteiger partial charge in [-0.05, 0) is 34.2 Å². The van der Waals surface area contributed by atoms with E-state index in [9.17, 15) is 9.59 Å². The maximum atomic E-state index is 12.2. The first-order valence-corrected chi connectivity index (χ1v) is 9.71. The first kappa shape index (κ1) is 20.3.